The van der Waals surface area contributed by atoms with Gasteiger partial charge >= 0.3 is 11.9 Å². The van der Waals surface area contributed by atoms with Crippen LogP contribution in [0.2, 0.25) is 0 Å². The van der Waals surface area contributed by atoms with Crippen molar-refractivity contribution >= 4 is 17.8 Å². The van der Waals surface area contributed by atoms with Gasteiger partial charge in [0.05, 0.1) is 0 Å². The molecule has 0 aliphatic heterocycles. The number of nitrogens with one attached hydrogen (secondary N) is 1. The zero-order chi connectivity index (χ0) is 19.8. The van der Waals surface area contributed by atoms with Crippen molar-refractivity contribution < 1.29 is 29.3 Å². The van der Waals surface area contributed by atoms with Gasteiger partial charge in [0, 0.05) is 19.8 Å². The number of hydrogen-bond acceptors (Lipinski definition) is 5. The normalized spacial score (nSPS) is 11.4. The molecule has 7 heteroatoms. The largest absolute Gasteiger partial charge is 0.508 e. The van der Waals surface area contributed by atoms with Crippen LogP contribution in [0.3, 0.4) is 0 Å². The van der Waals surface area contributed by atoms with Crippen molar-refractivity contribution in [2.75, 3.05) is 0 Å². The lowest BCUT2D eigenvalue weighted by Crippen LogP contribution is -2.42. The van der Waals surface area contributed by atoms with Gasteiger partial charge in [0.1, 0.15) is 17.5 Å². The number of carboxylic acid groups (broad SMARTS) is 1. The van der Waals surface area contributed by atoms with Crippen LogP contribution in [0.4, 0.5) is 0 Å². The van der Waals surface area contributed by atoms with Gasteiger partial charge in [-0.25, -0.2) is 4.79 Å². The molecule has 142 valence electrons. The fourth-order valence-electron chi connectivity index (χ4n) is 2.48. The van der Waals surface area contributed by atoms with Gasteiger partial charge in [0.25, 0.3) is 0 Å². The van der Waals surface area contributed by atoms with Gasteiger partial charge in [-0.15, -0.1) is 0 Å². The third-order valence-corrected chi connectivity index (χ3v) is 3.84. The number of rotatable bonds is 8. The fraction of sp³-hybridized carbons (Fsp3) is 0.250. The molecule has 1 atom stereocenters. The van der Waals surface area contributed by atoms with Crippen molar-refractivity contribution in [2.45, 2.75) is 32.2 Å². The average molecular weight is 371 g/mol. The van der Waals surface area contributed by atoms with Gasteiger partial charge in [-0.1, -0.05) is 24.3 Å². The van der Waals surface area contributed by atoms with E-state index in [4.69, 9.17) is 4.74 Å². The Morgan fingerprint density at radius 2 is 1.59 bits per heavy atom. The zero-order valence-electron chi connectivity index (χ0n) is 14.8. The van der Waals surface area contributed by atoms with Gasteiger partial charge in [-0.3, -0.25) is 9.59 Å². The lowest BCUT2D eigenvalue weighted by molar-refractivity contribution is -0.141. The molecule has 0 radical (unpaired) electrons. The minimum atomic E-state index is -1.13. The second-order valence-electron chi connectivity index (χ2n) is 6.07. The highest BCUT2D eigenvalue weighted by Crippen LogP contribution is 2.14. The first kappa shape index (κ1) is 20.0. The molecule has 0 aromatic heterocycles. The maximum Gasteiger partial charge on any atom is 0.326 e. The van der Waals surface area contributed by atoms with E-state index in [9.17, 15) is 24.6 Å². The van der Waals surface area contributed by atoms with Crippen LogP contribution >= 0.6 is 0 Å². The molecule has 1 amide bonds. The Morgan fingerprint density at radius 1 is 1.00 bits per heavy atom. The van der Waals surface area contributed by atoms with E-state index in [-0.39, 0.29) is 24.5 Å². The summed E-state index contributed by atoms with van der Waals surface area (Å²) in [7, 11) is 0. The Kier molecular flexibility index (Phi) is 6.93. The summed E-state index contributed by atoms with van der Waals surface area (Å²) in [5.41, 5.74) is 1.56. The van der Waals surface area contributed by atoms with Crippen LogP contribution in [0.1, 0.15) is 24.5 Å². The number of hydrogen-bond donors (Lipinski definition) is 3. The number of carboxylic acids is 1. The maximum absolute atomic E-state index is 12.1. The Bertz CT molecular complexity index is 798. The van der Waals surface area contributed by atoms with Crippen molar-refractivity contribution in [1.82, 2.24) is 5.32 Å². The summed E-state index contributed by atoms with van der Waals surface area (Å²) < 4.78 is 4.93. The zero-order valence-corrected chi connectivity index (χ0v) is 14.8. The van der Waals surface area contributed by atoms with Crippen LogP contribution < -0.4 is 10.1 Å². The van der Waals surface area contributed by atoms with E-state index in [1.165, 1.54) is 19.1 Å². The van der Waals surface area contributed by atoms with Crippen molar-refractivity contribution in [1.29, 1.82) is 0 Å². The van der Waals surface area contributed by atoms with Crippen molar-refractivity contribution in [3.8, 4) is 11.5 Å². The van der Waals surface area contributed by atoms with Crippen molar-refractivity contribution in [3.63, 3.8) is 0 Å². The molecule has 1 unspecified atom stereocenters. The van der Waals surface area contributed by atoms with Crippen molar-refractivity contribution in [3.05, 3.63) is 59.7 Å². The number of aromatic hydroxyl groups is 1. The van der Waals surface area contributed by atoms with Gasteiger partial charge < -0.3 is 20.3 Å². The Labute approximate surface area is 156 Å². The van der Waals surface area contributed by atoms with Crippen molar-refractivity contribution in [2.24, 2.45) is 0 Å². The summed E-state index contributed by atoms with van der Waals surface area (Å²) in [6.07, 6.45) is 0.691. The fourth-order valence-corrected chi connectivity index (χ4v) is 2.48. The first-order valence-electron chi connectivity index (χ1n) is 8.41. The molecule has 3 N–H and O–H groups in total. The molecule has 0 spiro atoms. The van der Waals surface area contributed by atoms with E-state index < -0.39 is 18.0 Å². The molecule has 0 saturated heterocycles. The molecule has 0 bridgehead atoms. The molecular formula is C20H21NO6. The van der Waals surface area contributed by atoms with E-state index in [1.807, 2.05) is 0 Å². The van der Waals surface area contributed by atoms with Gasteiger partial charge in [-0.05, 0) is 41.8 Å². The molecule has 0 fully saturated rings. The monoisotopic (exact) mass is 371 g/mol. The quantitative estimate of drug-likeness (QED) is 0.484. The standard InChI is InChI=1S/C20H21NO6/c1-13(22)27-17-9-4-15(5-10-17)12-18(20(25)26)21-19(24)11-6-14-2-7-16(23)8-3-14/h2-5,7-10,18,23H,6,11-12H2,1H3,(H,21,24)(H,25,26). The van der Waals surface area contributed by atoms with Crippen LogP contribution in [-0.4, -0.2) is 34.1 Å². The third-order valence-electron chi connectivity index (χ3n) is 3.84. The molecule has 2 rings (SSSR count). The summed E-state index contributed by atoms with van der Waals surface area (Å²) in [4.78, 5) is 34.4. The van der Waals surface area contributed by atoms with E-state index >= 15 is 0 Å². The molecular weight excluding hydrogens is 350 g/mol. The topological polar surface area (TPSA) is 113 Å². The molecule has 0 aliphatic carbocycles. The number of ether oxygens (including phenoxy) is 1. The molecule has 27 heavy (non-hydrogen) atoms. The van der Waals surface area contributed by atoms with E-state index in [2.05, 4.69) is 5.32 Å². The summed E-state index contributed by atoms with van der Waals surface area (Å²) in [5.74, 6) is -1.42. The number of phenols is 1. The van der Waals surface area contributed by atoms with Crippen LogP contribution in [0.15, 0.2) is 48.5 Å². The lowest BCUT2D eigenvalue weighted by Gasteiger charge is -2.15. The predicted octanol–water partition coefficient (Wildman–Crippen LogP) is 2.06. The molecule has 2 aromatic rings. The number of carbonyl (C=O) groups excluding carboxylic acids is 2. The van der Waals surface area contributed by atoms with E-state index in [0.717, 1.165) is 5.56 Å². The second-order valence-corrected chi connectivity index (χ2v) is 6.07. The summed E-state index contributed by atoms with van der Waals surface area (Å²) >= 11 is 0. The highest BCUT2D eigenvalue weighted by atomic mass is 16.5. The number of aliphatic carboxylic acids is 1. The highest BCUT2D eigenvalue weighted by Gasteiger charge is 2.20. The van der Waals surface area contributed by atoms with Gasteiger partial charge in [0.15, 0.2) is 0 Å². The van der Waals surface area contributed by atoms with E-state index in [0.29, 0.717) is 17.7 Å². The summed E-state index contributed by atoms with van der Waals surface area (Å²) in [6.45, 7) is 1.29. The number of benzene rings is 2. The first-order chi connectivity index (χ1) is 12.8. The average Bonchev–Trinajstić information content (AvgIpc) is 2.61. The lowest BCUT2D eigenvalue weighted by atomic mass is 10.0. The Balaban J connectivity index is 1.90. The smallest absolute Gasteiger partial charge is 0.326 e. The predicted molar refractivity (Wildman–Crippen MR) is 97.4 cm³/mol. The SMILES string of the molecule is CC(=O)Oc1ccc(CC(NC(=O)CCc2ccc(O)cc2)C(=O)O)cc1. The minimum Gasteiger partial charge on any atom is -0.508 e. The third kappa shape index (κ3) is 6.81. The Morgan fingerprint density at radius 3 is 2.15 bits per heavy atom. The maximum atomic E-state index is 12.1. The number of aryl methyl sites for hydroxylation is 1. The number of amides is 1. The minimum absolute atomic E-state index is 0.112. The van der Waals surface area contributed by atoms with Crippen LogP contribution in [0.5, 0.6) is 11.5 Å². The van der Waals surface area contributed by atoms with Crippen LogP contribution in [0.25, 0.3) is 0 Å². The molecule has 2 aromatic carbocycles. The van der Waals surface area contributed by atoms with Crippen LogP contribution in [-0.2, 0) is 27.2 Å². The molecule has 0 aliphatic rings. The van der Waals surface area contributed by atoms with Crippen LogP contribution in [0, 0.1) is 0 Å². The summed E-state index contributed by atoms with van der Waals surface area (Å²) in [5, 5.41) is 21.1. The number of phenolic OH excluding ortho intramolecular Hbond substituents is 1. The van der Waals surface area contributed by atoms with E-state index in [1.54, 1.807) is 36.4 Å². The van der Waals surface area contributed by atoms with Gasteiger partial charge in [-0.2, -0.15) is 0 Å². The number of carbonyl (C=O) groups is 3. The van der Waals surface area contributed by atoms with Gasteiger partial charge in [0.2, 0.25) is 5.91 Å². The first-order valence-corrected chi connectivity index (χ1v) is 8.41. The highest BCUT2D eigenvalue weighted by molar-refractivity contribution is 5.83. The number of esters is 1. The second kappa shape index (κ2) is 9.38. The molecule has 7 nitrogen and oxygen atoms in total. The summed E-state index contributed by atoms with van der Waals surface area (Å²) in [6, 6.07) is 11.9. The Hall–Kier alpha value is -3.35. The molecule has 0 saturated carbocycles. The molecule has 0 heterocycles.